The van der Waals surface area contributed by atoms with Crippen LogP contribution < -0.4 is 0 Å². The molecule has 0 fully saturated rings. The fourth-order valence-corrected chi connectivity index (χ4v) is 2.23. The van der Waals surface area contributed by atoms with Gasteiger partial charge in [0, 0.05) is 5.02 Å². The van der Waals surface area contributed by atoms with Crippen LogP contribution in [0.25, 0.3) is 0 Å². The van der Waals surface area contributed by atoms with Gasteiger partial charge < -0.3 is 10.2 Å². The molecular formula is C16H15ClO3. The second kappa shape index (κ2) is 5.97. The minimum absolute atomic E-state index is 0.166. The Kier molecular flexibility index (Phi) is 4.30. The van der Waals surface area contributed by atoms with Crippen molar-refractivity contribution in [2.24, 2.45) is 0 Å². The molecule has 0 saturated heterocycles. The van der Waals surface area contributed by atoms with Crippen LogP contribution in [0.15, 0.2) is 42.5 Å². The lowest BCUT2D eigenvalue weighted by Gasteiger charge is -2.14. The van der Waals surface area contributed by atoms with Gasteiger partial charge >= 0.3 is 5.97 Å². The van der Waals surface area contributed by atoms with Crippen LogP contribution in [0.1, 0.15) is 22.6 Å². The number of phenols is 1. The minimum Gasteiger partial charge on any atom is -0.508 e. The number of phenolic OH excluding ortho intramolecular Hbond substituents is 1. The van der Waals surface area contributed by atoms with E-state index in [1.807, 2.05) is 13.0 Å². The van der Waals surface area contributed by atoms with Gasteiger partial charge in [0.2, 0.25) is 0 Å². The number of aromatic hydroxyl groups is 1. The number of benzene rings is 2. The first kappa shape index (κ1) is 14.4. The largest absolute Gasteiger partial charge is 0.508 e. The molecule has 0 aliphatic carbocycles. The Morgan fingerprint density at radius 1 is 1.20 bits per heavy atom. The van der Waals surface area contributed by atoms with E-state index in [1.54, 1.807) is 36.4 Å². The highest BCUT2D eigenvalue weighted by Crippen LogP contribution is 2.26. The lowest BCUT2D eigenvalue weighted by molar-refractivity contribution is -0.138. The maximum Gasteiger partial charge on any atom is 0.311 e. The van der Waals surface area contributed by atoms with Gasteiger partial charge in [0.05, 0.1) is 5.92 Å². The van der Waals surface area contributed by atoms with Crippen LogP contribution in [0.4, 0.5) is 0 Å². The molecule has 0 amide bonds. The molecule has 0 bridgehead atoms. The summed E-state index contributed by atoms with van der Waals surface area (Å²) in [5, 5.41) is 19.2. The number of aliphatic carboxylic acids is 1. The maximum absolute atomic E-state index is 11.5. The van der Waals surface area contributed by atoms with Crippen molar-refractivity contribution in [3.05, 3.63) is 64.2 Å². The van der Waals surface area contributed by atoms with Crippen molar-refractivity contribution in [2.45, 2.75) is 19.3 Å². The first-order valence-corrected chi connectivity index (χ1v) is 6.62. The number of carboxylic acids is 1. The van der Waals surface area contributed by atoms with Crippen LogP contribution in [0.2, 0.25) is 5.02 Å². The van der Waals surface area contributed by atoms with Crippen LogP contribution in [-0.2, 0) is 11.2 Å². The standard InChI is InChI=1S/C16H15ClO3/c1-10-2-5-12(9-15(10)17)14(16(19)20)8-11-3-6-13(18)7-4-11/h2-7,9,14,18H,8H2,1H3,(H,19,20). The highest BCUT2D eigenvalue weighted by atomic mass is 35.5. The number of aryl methyl sites for hydroxylation is 1. The van der Waals surface area contributed by atoms with E-state index >= 15 is 0 Å². The molecule has 0 heterocycles. The lowest BCUT2D eigenvalue weighted by Crippen LogP contribution is -2.14. The van der Waals surface area contributed by atoms with Crippen molar-refractivity contribution in [3.63, 3.8) is 0 Å². The Balaban J connectivity index is 2.29. The molecule has 2 rings (SSSR count). The molecule has 0 aliphatic heterocycles. The van der Waals surface area contributed by atoms with E-state index in [4.69, 9.17) is 11.6 Å². The maximum atomic E-state index is 11.5. The molecule has 0 radical (unpaired) electrons. The van der Waals surface area contributed by atoms with Gasteiger partial charge in [-0.15, -0.1) is 0 Å². The highest BCUT2D eigenvalue weighted by Gasteiger charge is 2.21. The quantitative estimate of drug-likeness (QED) is 0.901. The lowest BCUT2D eigenvalue weighted by atomic mass is 9.91. The first-order chi connectivity index (χ1) is 9.47. The third kappa shape index (κ3) is 3.31. The molecule has 3 nitrogen and oxygen atoms in total. The molecule has 1 unspecified atom stereocenters. The molecule has 0 aliphatic rings. The van der Waals surface area contributed by atoms with Crippen LogP contribution >= 0.6 is 11.6 Å². The molecule has 2 N–H and O–H groups in total. The number of hydrogen-bond acceptors (Lipinski definition) is 2. The fraction of sp³-hybridized carbons (Fsp3) is 0.188. The van der Waals surface area contributed by atoms with Gasteiger partial charge in [-0.2, -0.15) is 0 Å². The third-order valence-corrected chi connectivity index (χ3v) is 3.68. The monoisotopic (exact) mass is 290 g/mol. The molecule has 4 heteroatoms. The van der Waals surface area contributed by atoms with E-state index in [-0.39, 0.29) is 5.75 Å². The highest BCUT2D eigenvalue weighted by molar-refractivity contribution is 6.31. The van der Waals surface area contributed by atoms with Crippen LogP contribution in [0, 0.1) is 6.92 Å². The number of carbonyl (C=O) groups is 1. The molecule has 2 aromatic carbocycles. The van der Waals surface area contributed by atoms with E-state index in [1.165, 1.54) is 0 Å². The molecular weight excluding hydrogens is 276 g/mol. The summed E-state index contributed by atoms with van der Waals surface area (Å²) in [6.07, 6.45) is 0.356. The number of halogens is 1. The fourth-order valence-electron chi connectivity index (χ4n) is 2.04. The van der Waals surface area contributed by atoms with Crippen LogP contribution in [-0.4, -0.2) is 16.2 Å². The Bertz CT molecular complexity index is 620. The molecule has 0 aromatic heterocycles. The van der Waals surface area contributed by atoms with E-state index in [0.29, 0.717) is 17.0 Å². The summed E-state index contributed by atoms with van der Waals surface area (Å²) in [6.45, 7) is 1.88. The topological polar surface area (TPSA) is 57.5 Å². The van der Waals surface area contributed by atoms with Gasteiger partial charge in [-0.05, 0) is 48.2 Å². The number of hydrogen-bond donors (Lipinski definition) is 2. The summed E-state index contributed by atoms with van der Waals surface area (Å²) in [5.74, 6) is -1.38. The zero-order valence-corrected chi connectivity index (χ0v) is 11.8. The average Bonchev–Trinajstić information content (AvgIpc) is 2.41. The summed E-state index contributed by atoms with van der Waals surface area (Å²) < 4.78 is 0. The Labute approximate surface area is 122 Å². The average molecular weight is 291 g/mol. The summed E-state index contributed by atoms with van der Waals surface area (Å²) in [4.78, 5) is 11.5. The van der Waals surface area contributed by atoms with E-state index < -0.39 is 11.9 Å². The summed E-state index contributed by atoms with van der Waals surface area (Å²) in [7, 11) is 0. The second-order valence-electron chi connectivity index (χ2n) is 4.77. The molecule has 20 heavy (non-hydrogen) atoms. The predicted octanol–water partition coefficient (Wildman–Crippen LogP) is 3.76. The SMILES string of the molecule is Cc1ccc(C(Cc2ccc(O)cc2)C(=O)O)cc1Cl. The molecule has 0 spiro atoms. The second-order valence-corrected chi connectivity index (χ2v) is 5.18. The van der Waals surface area contributed by atoms with E-state index in [2.05, 4.69) is 0 Å². The predicted molar refractivity (Wildman–Crippen MR) is 78.4 cm³/mol. The minimum atomic E-state index is -0.891. The Hall–Kier alpha value is -2.00. The zero-order chi connectivity index (χ0) is 14.7. The molecule has 104 valence electrons. The van der Waals surface area contributed by atoms with Crippen LogP contribution in [0.3, 0.4) is 0 Å². The Morgan fingerprint density at radius 3 is 2.40 bits per heavy atom. The summed E-state index contributed by atoms with van der Waals surface area (Å²) in [6, 6.07) is 11.9. The van der Waals surface area contributed by atoms with Gasteiger partial charge in [0.1, 0.15) is 5.75 Å². The number of rotatable bonds is 4. The van der Waals surface area contributed by atoms with E-state index in [9.17, 15) is 15.0 Å². The number of carboxylic acid groups (broad SMARTS) is 1. The van der Waals surface area contributed by atoms with Gasteiger partial charge in [-0.3, -0.25) is 4.79 Å². The zero-order valence-electron chi connectivity index (χ0n) is 11.0. The molecule has 1 atom stereocenters. The molecule has 2 aromatic rings. The summed E-state index contributed by atoms with van der Waals surface area (Å²) >= 11 is 6.06. The normalized spacial score (nSPS) is 12.1. The smallest absolute Gasteiger partial charge is 0.311 e. The van der Waals surface area contributed by atoms with Crippen molar-refractivity contribution in [3.8, 4) is 5.75 Å². The van der Waals surface area contributed by atoms with Gasteiger partial charge in [-0.25, -0.2) is 0 Å². The first-order valence-electron chi connectivity index (χ1n) is 6.24. The molecule has 0 saturated carbocycles. The van der Waals surface area contributed by atoms with Gasteiger partial charge in [-0.1, -0.05) is 35.9 Å². The third-order valence-electron chi connectivity index (χ3n) is 3.27. The summed E-state index contributed by atoms with van der Waals surface area (Å²) in [5.41, 5.74) is 2.46. The van der Waals surface area contributed by atoms with Crippen molar-refractivity contribution in [1.29, 1.82) is 0 Å². The van der Waals surface area contributed by atoms with Crippen molar-refractivity contribution in [2.75, 3.05) is 0 Å². The van der Waals surface area contributed by atoms with Crippen molar-refractivity contribution in [1.82, 2.24) is 0 Å². The van der Waals surface area contributed by atoms with Crippen LogP contribution in [0.5, 0.6) is 5.75 Å². The van der Waals surface area contributed by atoms with Crippen molar-refractivity contribution < 1.29 is 15.0 Å². The van der Waals surface area contributed by atoms with Crippen molar-refractivity contribution >= 4 is 17.6 Å². The van der Waals surface area contributed by atoms with Gasteiger partial charge in [0.15, 0.2) is 0 Å². The Morgan fingerprint density at radius 2 is 1.85 bits per heavy atom. The van der Waals surface area contributed by atoms with E-state index in [0.717, 1.165) is 11.1 Å². The van der Waals surface area contributed by atoms with Gasteiger partial charge in [0.25, 0.3) is 0 Å².